The highest BCUT2D eigenvalue weighted by atomic mass is 16.6. The van der Waals surface area contributed by atoms with Gasteiger partial charge in [-0.1, -0.05) is 359 Å². The lowest BCUT2D eigenvalue weighted by molar-refractivity contribution is -0.167. The molecule has 0 bridgehead atoms. The standard InChI is InChI=1S/C77H144O6/c1-4-7-10-13-16-19-22-24-26-28-30-32-34-36-38-40-42-44-46-48-50-52-55-58-61-64-67-70-76(79)82-73-74(72-81-75(78)69-66-63-60-57-54-21-18-15-12-9-6-3)83-77(80)71-68-65-62-59-56-53-51-49-47-45-43-41-39-37-35-33-31-29-27-25-23-20-17-14-11-8-5-2/h22,24,28-31,74H,4-21,23,25-27,32-73H2,1-3H3/b24-22-,30-28-,31-29-. The Kier molecular flexibility index (Phi) is 70.0. The molecular weight excluding hydrogens is 1020 g/mol. The van der Waals surface area contributed by atoms with Crippen molar-refractivity contribution in [2.75, 3.05) is 13.2 Å². The maximum atomic E-state index is 13.0. The Morgan fingerprint density at radius 2 is 0.434 bits per heavy atom. The molecule has 0 aromatic heterocycles. The van der Waals surface area contributed by atoms with Crippen molar-refractivity contribution in [2.24, 2.45) is 0 Å². The van der Waals surface area contributed by atoms with E-state index < -0.39 is 6.10 Å². The molecule has 0 radical (unpaired) electrons. The molecule has 0 rings (SSSR count). The van der Waals surface area contributed by atoms with Gasteiger partial charge in [0.05, 0.1) is 0 Å². The van der Waals surface area contributed by atoms with E-state index in [1.54, 1.807) is 0 Å². The first kappa shape index (κ1) is 80.6. The topological polar surface area (TPSA) is 78.9 Å². The summed E-state index contributed by atoms with van der Waals surface area (Å²) in [6, 6.07) is 0. The summed E-state index contributed by atoms with van der Waals surface area (Å²) >= 11 is 0. The number of carbonyl (C=O) groups is 3. The molecule has 0 saturated heterocycles. The first-order valence-corrected chi connectivity index (χ1v) is 37.5. The van der Waals surface area contributed by atoms with Crippen LogP contribution >= 0.6 is 0 Å². The van der Waals surface area contributed by atoms with E-state index in [2.05, 4.69) is 57.2 Å². The van der Waals surface area contributed by atoms with E-state index in [0.29, 0.717) is 19.3 Å². The third-order valence-corrected chi connectivity index (χ3v) is 17.1. The molecule has 6 heteroatoms. The highest BCUT2D eigenvalue weighted by Gasteiger charge is 2.20. The van der Waals surface area contributed by atoms with Crippen molar-refractivity contribution in [1.29, 1.82) is 0 Å². The second kappa shape index (κ2) is 72.1. The zero-order valence-corrected chi connectivity index (χ0v) is 56.2. The molecular formula is C77H144O6. The number of rotatable bonds is 70. The van der Waals surface area contributed by atoms with Gasteiger partial charge in [-0.15, -0.1) is 0 Å². The van der Waals surface area contributed by atoms with Crippen LogP contribution in [0, 0.1) is 0 Å². The van der Waals surface area contributed by atoms with E-state index in [4.69, 9.17) is 14.2 Å². The number of carbonyl (C=O) groups excluding carboxylic acids is 3. The van der Waals surface area contributed by atoms with Gasteiger partial charge in [0.25, 0.3) is 0 Å². The zero-order chi connectivity index (χ0) is 59.9. The molecule has 488 valence electrons. The third-order valence-electron chi connectivity index (χ3n) is 17.1. The lowest BCUT2D eigenvalue weighted by Crippen LogP contribution is -2.30. The second-order valence-corrected chi connectivity index (χ2v) is 25.6. The minimum Gasteiger partial charge on any atom is -0.462 e. The Bertz CT molecular complexity index is 1380. The maximum Gasteiger partial charge on any atom is 0.306 e. The fraction of sp³-hybridized carbons (Fsp3) is 0.883. The average Bonchev–Trinajstić information content (AvgIpc) is 3.48. The van der Waals surface area contributed by atoms with Crippen molar-refractivity contribution in [3.8, 4) is 0 Å². The van der Waals surface area contributed by atoms with Gasteiger partial charge in [0, 0.05) is 19.3 Å². The fourth-order valence-electron chi connectivity index (χ4n) is 11.5. The minimum atomic E-state index is -0.769. The van der Waals surface area contributed by atoms with Crippen molar-refractivity contribution in [2.45, 2.75) is 425 Å². The molecule has 0 spiro atoms. The molecule has 0 aliphatic carbocycles. The lowest BCUT2D eigenvalue weighted by atomic mass is 10.0. The quantitative estimate of drug-likeness (QED) is 0.0261. The number of hydrogen-bond donors (Lipinski definition) is 0. The molecule has 0 fully saturated rings. The highest BCUT2D eigenvalue weighted by molar-refractivity contribution is 5.71. The molecule has 83 heavy (non-hydrogen) atoms. The van der Waals surface area contributed by atoms with Crippen LogP contribution in [0.3, 0.4) is 0 Å². The highest BCUT2D eigenvalue weighted by Crippen LogP contribution is 2.19. The van der Waals surface area contributed by atoms with Gasteiger partial charge >= 0.3 is 17.9 Å². The van der Waals surface area contributed by atoms with Crippen LogP contribution in [0.2, 0.25) is 0 Å². The Morgan fingerprint density at radius 1 is 0.241 bits per heavy atom. The van der Waals surface area contributed by atoms with Crippen LogP contribution in [-0.2, 0) is 28.6 Å². The molecule has 0 aromatic carbocycles. The zero-order valence-electron chi connectivity index (χ0n) is 56.2. The van der Waals surface area contributed by atoms with E-state index in [0.717, 1.165) is 64.2 Å². The fourth-order valence-corrected chi connectivity index (χ4v) is 11.5. The predicted octanol–water partition coefficient (Wildman–Crippen LogP) is 25.9. The van der Waals surface area contributed by atoms with E-state index in [9.17, 15) is 14.4 Å². The molecule has 0 aliphatic rings. The van der Waals surface area contributed by atoms with Gasteiger partial charge in [0.15, 0.2) is 6.10 Å². The number of ether oxygens (including phenoxy) is 3. The van der Waals surface area contributed by atoms with Gasteiger partial charge in [-0.05, 0) is 77.0 Å². The van der Waals surface area contributed by atoms with Gasteiger partial charge in [-0.3, -0.25) is 14.4 Å². The normalized spacial score (nSPS) is 12.2. The number of allylic oxidation sites excluding steroid dienone is 6. The first-order valence-electron chi connectivity index (χ1n) is 37.5. The van der Waals surface area contributed by atoms with Crippen molar-refractivity contribution in [1.82, 2.24) is 0 Å². The van der Waals surface area contributed by atoms with Gasteiger partial charge in [-0.2, -0.15) is 0 Å². The Labute approximate surface area is 518 Å². The van der Waals surface area contributed by atoms with Crippen LogP contribution in [0.15, 0.2) is 36.5 Å². The Morgan fingerprint density at radius 3 is 0.675 bits per heavy atom. The van der Waals surface area contributed by atoms with Crippen molar-refractivity contribution in [3.63, 3.8) is 0 Å². The summed E-state index contributed by atoms with van der Waals surface area (Å²) in [5.74, 6) is -0.835. The van der Waals surface area contributed by atoms with Crippen LogP contribution in [0.1, 0.15) is 419 Å². The smallest absolute Gasteiger partial charge is 0.306 e. The third kappa shape index (κ3) is 70.3. The average molecular weight is 1170 g/mol. The molecule has 0 saturated carbocycles. The van der Waals surface area contributed by atoms with Crippen LogP contribution in [0.5, 0.6) is 0 Å². The summed E-state index contributed by atoms with van der Waals surface area (Å²) < 4.78 is 17.0. The van der Waals surface area contributed by atoms with Crippen LogP contribution in [0.25, 0.3) is 0 Å². The molecule has 6 nitrogen and oxygen atoms in total. The molecule has 0 N–H and O–H groups in total. The van der Waals surface area contributed by atoms with E-state index in [1.165, 1.54) is 315 Å². The van der Waals surface area contributed by atoms with Crippen molar-refractivity contribution >= 4 is 17.9 Å². The summed E-state index contributed by atoms with van der Waals surface area (Å²) in [5, 5.41) is 0. The molecule has 0 heterocycles. The monoisotopic (exact) mass is 1170 g/mol. The minimum absolute atomic E-state index is 0.0657. The maximum absolute atomic E-state index is 13.0. The predicted molar refractivity (Wildman–Crippen MR) is 362 cm³/mol. The number of unbranched alkanes of at least 4 members (excludes halogenated alkanes) is 53. The molecule has 0 aliphatic heterocycles. The van der Waals surface area contributed by atoms with Crippen molar-refractivity contribution < 1.29 is 28.6 Å². The van der Waals surface area contributed by atoms with E-state index >= 15 is 0 Å². The van der Waals surface area contributed by atoms with Gasteiger partial charge in [0.1, 0.15) is 13.2 Å². The van der Waals surface area contributed by atoms with Crippen molar-refractivity contribution in [3.05, 3.63) is 36.5 Å². The van der Waals surface area contributed by atoms with Crippen LogP contribution in [0.4, 0.5) is 0 Å². The summed E-state index contributed by atoms with van der Waals surface area (Å²) in [4.78, 5) is 38.4. The Balaban J connectivity index is 4.14. The number of hydrogen-bond acceptors (Lipinski definition) is 6. The summed E-state index contributed by atoms with van der Waals surface area (Å²) in [6.45, 7) is 6.70. The molecule has 0 amide bonds. The van der Waals surface area contributed by atoms with Gasteiger partial charge in [-0.25, -0.2) is 0 Å². The molecule has 0 aromatic rings. The SMILES string of the molecule is CCCCCCC/C=C\C/C=C\CCCCCCCCCCCCCCCCCC(=O)OCC(COC(=O)CCCCCCCCCCCCC)OC(=O)CCCCCCCCCCCCCCCCC/C=C\CCCCCCCCCC. The van der Waals surface area contributed by atoms with Crippen LogP contribution in [-0.4, -0.2) is 37.2 Å². The number of esters is 3. The second-order valence-electron chi connectivity index (χ2n) is 25.6. The summed E-state index contributed by atoms with van der Waals surface area (Å²) in [5.41, 5.74) is 0. The molecule has 1 atom stereocenters. The van der Waals surface area contributed by atoms with E-state index in [1.807, 2.05) is 0 Å². The van der Waals surface area contributed by atoms with Gasteiger partial charge < -0.3 is 14.2 Å². The lowest BCUT2D eigenvalue weighted by Gasteiger charge is -2.18. The largest absolute Gasteiger partial charge is 0.462 e. The first-order chi connectivity index (χ1) is 41.0. The Hall–Kier alpha value is -2.37. The molecule has 1 unspecified atom stereocenters. The van der Waals surface area contributed by atoms with E-state index in [-0.39, 0.29) is 31.1 Å². The summed E-state index contributed by atoms with van der Waals surface area (Å²) in [7, 11) is 0. The summed E-state index contributed by atoms with van der Waals surface area (Å²) in [6.07, 6.45) is 90.5. The van der Waals surface area contributed by atoms with Gasteiger partial charge in [0.2, 0.25) is 0 Å². The van der Waals surface area contributed by atoms with Crippen LogP contribution < -0.4 is 0 Å².